The van der Waals surface area contributed by atoms with Crippen LogP contribution in [0.4, 0.5) is 4.79 Å². The molecule has 0 spiro atoms. The maximum Gasteiger partial charge on any atom is 0.317 e. The molecule has 2 saturated heterocycles. The number of allylic oxidation sites excluding steroid dienone is 2. The standard InChI is InChI=1S/C18H29N3O2/c1-12(2)11-14-15(18(14,3)4)16(22)20-8-5-13(6-9-20)21-10-7-19-17(21)23/h11,13-15H,5-10H2,1-4H3,(H,19,23). The molecule has 3 fully saturated rings. The summed E-state index contributed by atoms with van der Waals surface area (Å²) in [6.07, 6.45) is 4.06. The molecule has 3 amide bonds. The Labute approximate surface area is 139 Å². The molecule has 0 radical (unpaired) electrons. The molecule has 0 aromatic carbocycles. The van der Waals surface area contributed by atoms with Crippen LogP contribution in [0.3, 0.4) is 0 Å². The molecular formula is C18H29N3O2. The number of urea groups is 1. The van der Waals surface area contributed by atoms with Crippen molar-refractivity contribution < 1.29 is 9.59 Å². The van der Waals surface area contributed by atoms with Crippen molar-refractivity contribution in [3.63, 3.8) is 0 Å². The van der Waals surface area contributed by atoms with Crippen LogP contribution >= 0.6 is 0 Å². The minimum absolute atomic E-state index is 0.0572. The Kier molecular flexibility index (Phi) is 4.15. The molecule has 5 nitrogen and oxygen atoms in total. The summed E-state index contributed by atoms with van der Waals surface area (Å²) < 4.78 is 0. The highest BCUT2D eigenvalue weighted by Crippen LogP contribution is 2.60. The number of amides is 3. The number of carbonyl (C=O) groups is 2. The molecule has 2 aliphatic heterocycles. The predicted octanol–water partition coefficient (Wildman–Crippen LogP) is 2.24. The average Bonchev–Trinajstić information content (AvgIpc) is 2.83. The van der Waals surface area contributed by atoms with Gasteiger partial charge in [-0.2, -0.15) is 0 Å². The Morgan fingerprint density at radius 2 is 1.87 bits per heavy atom. The quantitative estimate of drug-likeness (QED) is 0.811. The van der Waals surface area contributed by atoms with E-state index in [-0.39, 0.29) is 17.4 Å². The minimum Gasteiger partial charge on any atom is -0.342 e. The number of nitrogens with one attached hydrogen (secondary N) is 1. The summed E-state index contributed by atoms with van der Waals surface area (Å²) in [4.78, 5) is 28.6. The van der Waals surface area contributed by atoms with E-state index in [9.17, 15) is 9.59 Å². The van der Waals surface area contributed by atoms with E-state index in [2.05, 4.69) is 39.1 Å². The number of nitrogens with zero attached hydrogens (tertiary/aromatic N) is 2. The van der Waals surface area contributed by atoms with Gasteiger partial charge in [0.15, 0.2) is 0 Å². The van der Waals surface area contributed by atoms with Gasteiger partial charge in [0, 0.05) is 32.2 Å². The van der Waals surface area contributed by atoms with E-state index >= 15 is 0 Å². The lowest BCUT2D eigenvalue weighted by Gasteiger charge is -2.36. The molecule has 23 heavy (non-hydrogen) atoms. The van der Waals surface area contributed by atoms with Crippen molar-refractivity contribution in [2.45, 2.75) is 46.6 Å². The normalized spacial score (nSPS) is 30.2. The van der Waals surface area contributed by atoms with Crippen LogP contribution in [0.1, 0.15) is 40.5 Å². The highest BCUT2D eigenvalue weighted by atomic mass is 16.2. The SMILES string of the molecule is CC(C)=CC1C(C(=O)N2CCC(N3CCNC3=O)CC2)C1(C)C. The molecule has 3 rings (SSSR count). The van der Waals surface area contributed by atoms with Crippen molar-refractivity contribution in [1.29, 1.82) is 0 Å². The van der Waals surface area contributed by atoms with Gasteiger partial charge < -0.3 is 15.1 Å². The first-order valence-corrected chi connectivity index (χ1v) is 8.80. The Bertz CT molecular complexity index is 528. The van der Waals surface area contributed by atoms with Gasteiger partial charge in [-0.1, -0.05) is 25.5 Å². The summed E-state index contributed by atoms with van der Waals surface area (Å²) in [5, 5.41) is 2.86. The molecule has 3 aliphatic rings. The van der Waals surface area contributed by atoms with Crippen LogP contribution in [-0.4, -0.2) is 54.0 Å². The van der Waals surface area contributed by atoms with Gasteiger partial charge in [-0.15, -0.1) is 0 Å². The molecule has 1 N–H and O–H groups in total. The monoisotopic (exact) mass is 319 g/mol. The maximum atomic E-state index is 12.9. The third kappa shape index (κ3) is 2.98. The smallest absolute Gasteiger partial charge is 0.317 e. The van der Waals surface area contributed by atoms with E-state index in [1.54, 1.807) is 0 Å². The number of rotatable bonds is 3. The van der Waals surface area contributed by atoms with E-state index in [0.717, 1.165) is 39.0 Å². The van der Waals surface area contributed by atoms with Gasteiger partial charge >= 0.3 is 6.03 Å². The van der Waals surface area contributed by atoms with Gasteiger partial charge in [-0.05, 0) is 38.0 Å². The minimum atomic E-state index is 0.0572. The van der Waals surface area contributed by atoms with Crippen LogP contribution in [0.25, 0.3) is 0 Å². The Hall–Kier alpha value is -1.52. The molecule has 1 saturated carbocycles. The molecular weight excluding hydrogens is 290 g/mol. The number of likely N-dealkylation sites (tertiary alicyclic amines) is 1. The topological polar surface area (TPSA) is 52.7 Å². The Balaban J connectivity index is 1.57. The molecule has 5 heteroatoms. The molecule has 128 valence electrons. The third-order valence-electron chi connectivity index (χ3n) is 5.80. The maximum absolute atomic E-state index is 12.9. The summed E-state index contributed by atoms with van der Waals surface area (Å²) in [6, 6.07) is 0.351. The second kappa shape index (κ2) is 5.84. The van der Waals surface area contributed by atoms with Crippen molar-refractivity contribution in [2.75, 3.05) is 26.2 Å². The first-order chi connectivity index (χ1) is 10.8. The molecule has 0 aromatic heterocycles. The molecule has 2 atom stereocenters. The fourth-order valence-electron chi connectivity index (χ4n) is 4.25. The second-order valence-electron chi connectivity index (χ2n) is 8.05. The van der Waals surface area contributed by atoms with Gasteiger partial charge in [-0.3, -0.25) is 4.79 Å². The number of piperidine rings is 1. The summed E-state index contributed by atoms with van der Waals surface area (Å²) in [5.74, 6) is 0.813. The van der Waals surface area contributed by atoms with Gasteiger partial charge in [0.1, 0.15) is 0 Å². The number of carbonyl (C=O) groups excluding carboxylic acids is 2. The Morgan fingerprint density at radius 3 is 2.39 bits per heavy atom. The molecule has 2 heterocycles. The van der Waals surface area contributed by atoms with Gasteiger partial charge in [0.25, 0.3) is 0 Å². The Morgan fingerprint density at radius 1 is 1.22 bits per heavy atom. The van der Waals surface area contributed by atoms with Crippen LogP contribution in [0.5, 0.6) is 0 Å². The zero-order valence-corrected chi connectivity index (χ0v) is 14.8. The van der Waals surface area contributed by atoms with Gasteiger partial charge in [0.05, 0.1) is 5.92 Å². The van der Waals surface area contributed by atoms with Crippen molar-refractivity contribution in [1.82, 2.24) is 15.1 Å². The summed E-state index contributed by atoms with van der Waals surface area (Å²) in [5.41, 5.74) is 1.37. The highest BCUT2D eigenvalue weighted by molar-refractivity contribution is 5.84. The summed E-state index contributed by atoms with van der Waals surface area (Å²) in [6.45, 7) is 11.7. The zero-order valence-electron chi connectivity index (χ0n) is 14.8. The number of hydrogen-bond donors (Lipinski definition) is 1. The van der Waals surface area contributed by atoms with Gasteiger partial charge in [0.2, 0.25) is 5.91 Å². The molecule has 0 bridgehead atoms. The average molecular weight is 319 g/mol. The first-order valence-electron chi connectivity index (χ1n) is 8.80. The van der Waals surface area contributed by atoms with E-state index in [4.69, 9.17) is 0 Å². The lowest BCUT2D eigenvalue weighted by Crippen LogP contribution is -2.48. The van der Waals surface area contributed by atoms with Crippen LogP contribution in [-0.2, 0) is 4.79 Å². The predicted molar refractivity (Wildman–Crippen MR) is 89.9 cm³/mol. The van der Waals surface area contributed by atoms with E-state index in [0.29, 0.717) is 17.9 Å². The second-order valence-corrected chi connectivity index (χ2v) is 8.05. The zero-order chi connectivity index (χ0) is 16.8. The van der Waals surface area contributed by atoms with E-state index in [1.165, 1.54) is 5.57 Å². The molecule has 0 aromatic rings. The molecule has 2 unspecified atom stereocenters. The lowest BCUT2D eigenvalue weighted by atomic mass is 10.0. The van der Waals surface area contributed by atoms with Crippen molar-refractivity contribution >= 4 is 11.9 Å². The van der Waals surface area contributed by atoms with Gasteiger partial charge in [-0.25, -0.2) is 4.79 Å². The lowest BCUT2D eigenvalue weighted by molar-refractivity contribution is -0.134. The summed E-state index contributed by atoms with van der Waals surface area (Å²) >= 11 is 0. The number of hydrogen-bond acceptors (Lipinski definition) is 2. The summed E-state index contributed by atoms with van der Waals surface area (Å²) in [7, 11) is 0. The van der Waals surface area contributed by atoms with E-state index in [1.807, 2.05) is 9.80 Å². The van der Waals surface area contributed by atoms with Crippen LogP contribution in [0.2, 0.25) is 0 Å². The van der Waals surface area contributed by atoms with Crippen molar-refractivity contribution in [2.24, 2.45) is 17.3 Å². The fraction of sp³-hybridized carbons (Fsp3) is 0.778. The largest absolute Gasteiger partial charge is 0.342 e. The van der Waals surface area contributed by atoms with Crippen molar-refractivity contribution in [3.8, 4) is 0 Å². The first kappa shape index (κ1) is 16.3. The highest BCUT2D eigenvalue weighted by Gasteiger charge is 2.61. The van der Waals surface area contributed by atoms with Crippen LogP contribution in [0.15, 0.2) is 11.6 Å². The van der Waals surface area contributed by atoms with Crippen molar-refractivity contribution in [3.05, 3.63) is 11.6 Å². The fourth-order valence-corrected chi connectivity index (χ4v) is 4.25. The van der Waals surface area contributed by atoms with Crippen LogP contribution < -0.4 is 5.32 Å². The van der Waals surface area contributed by atoms with Crippen LogP contribution in [0, 0.1) is 17.3 Å². The third-order valence-corrected chi connectivity index (χ3v) is 5.80. The molecule has 1 aliphatic carbocycles. The van der Waals surface area contributed by atoms with E-state index < -0.39 is 0 Å².